The summed E-state index contributed by atoms with van der Waals surface area (Å²) in [7, 11) is 1.24. The molecule has 0 aromatic carbocycles. The van der Waals surface area contributed by atoms with Gasteiger partial charge in [0.2, 0.25) is 0 Å². The molecule has 0 unspecified atom stereocenters. The van der Waals surface area contributed by atoms with E-state index < -0.39 is 11.7 Å². The van der Waals surface area contributed by atoms with Gasteiger partial charge in [-0.1, -0.05) is 0 Å². The number of rotatable bonds is 3. The Morgan fingerprint density at radius 2 is 2.27 bits per heavy atom. The summed E-state index contributed by atoms with van der Waals surface area (Å²) in [5, 5.41) is -0.807. The molecule has 0 atom stereocenters. The highest BCUT2D eigenvalue weighted by Gasteiger charge is 2.22. The molecule has 0 N–H and O–H groups in total. The summed E-state index contributed by atoms with van der Waals surface area (Å²) in [4.78, 5) is 14.4. The number of pyridine rings is 1. The summed E-state index contributed by atoms with van der Waals surface area (Å²) in [6.45, 7) is 0. The number of ether oxygens (including phenoxy) is 1. The van der Waals surface area contributed by atoms with Crippen molar-refractivity contribution >= 4 is 39.4 Å². The van der Waals surface area contributed by atoms with Crippen LogP contribution in [0.3, 0.4) is 0 Å². The molecule has 0 amide bonds. The lowest BCUT2D eigenvalue weighted by Gasteiger charge is -2.10. The van der Waals surface area contributed by atoms with Crippen molar-refractivity contribution in [3.8, 4) is 5.75 Å². The Hall–Kier alpha value is -0.500. The monoisotopic (exact) mass is 347 g/mol. The van der Waals surface area contributed by atoms with E-state index in [2.05, 4.69) is 4.98 Å². The van der Waals surface area contributed by atoms with Crippen molar-refractivity contribution in [2.75, 3.05) is 7.11 Å². The van der Waals surface area contributed by atoms with Crippen LogP contribution in [0.4, 0.5) is 8.78 Å². The molecule has 15 heavy (non-hydrogen) atoms. The first-order chi connectivity index (χ1) is 6.99. The molecule has 82 valence electrons. The van der Waals surface area contributed by atoms with E-state index in [1.807, 2.05) is 0 Å². The van der Waals surface area contributed by atoms with Crippen LogP contribution in [-0.2, 0) is 0 Å². The first kappa shape index (κ1) is 12.6. The minimum absolute atomic E-state index is 0.0652. The van der Waals surface area contributed by atoms with Crippen LogP contribution < -0.4 is 4.74 Å². The van der Waals surface area contributed by atoms with Crippen molar-refractivity contribution in [1.82, 2.24) is 4.98 Å². The van der Waals surface area contributed by atoms with E-state index in [0.717, 1.165) is 6.20 Å². The SMILES string of the molecule is COc1c(C(F)F)cnc(C(=O)Cl)c1I. The molecule has 1 rings (SSSR count). The van der Waals surface area contributed by atoms with Gasteiger partial charge < -0.3 is 4.74 Å². The van der Waals surface area contributed by atoms with Gasteiger partial charge in [-0.05, 0) is 34.2 Å². The van der Waals surface area contributed by atoms with Crippen molar-refractivity contribution in [3.63, 3.8) is 0 Å². The summed E-state index contributed by atoms with van der Waals surface area (Å²) in [6, 6.07) is 0. The second-order valence-electron chi connectivity index (χ2n) is 2.48. The van der Waals surface area contributed by atoms with E-state index in [9.17, 15) is 13.6 Å². The van der Waals surface area contributed by atoms with Crippen LogP contribution in [0, 0.1) is 3.57 Å². The van der Waals surface area contributed by atoms with Crippen molar-refractivity contribution < 1.29 is 18.3 Å². The fraction of sp³-hybridized carbons (Fsp3) is 0.250. The van der Waals surface area contributed by atoms with Gasteiger partial charge in [-0.15, -0.1) is 0 Å². The van der Waals surface area contributed by atoms with Crippen LogP contribution in [0.25, 0.3) is 0 Å². The summed E-state index contributed by atoms with van der Waals surface area (Å²) in [5.41, 5.74) is -0.443. The number of aromatic nitrogens is 1. The lowest BCUT2D eigenvalue weighted by atomic mass is 10.2. The third-order valence-corrected chi connectivity index (χ3v) is 2.81. The number of alkyl halides is 2. The number of hydrogen-bond acceptors (Lipinski definition) is 3. The predicted molar refractivity (Wildman–Crippen MR) is 58.6 cm³/mol. The van der Waals surface area contributed by atoms with Crippen LogP contribution in [0.2, 0.25) is 0 Å². The first-order valence-electron chi connectivity index (χ1n) is 3.69. The van der Waals surface area contributed by atoms with E-state index in [-0.39, 0.29) is 20.6 Å². The van der Waals surface area contributed by atoms with Crippen LogP contribution in [0.15, 0.2) is 6.20 Å². The lowest BCUT2D eigenvalue weighted by molar-refractivity contribution is 0.107. The molecule has 7 heteroatoms. The van der Waals surface area contributed by atoms with Gasteiger partial charge in [0.05, 0.1) is 16.2 Å². The zero-order valence-corrected chi connectivity index (χ0v) is 10.3. The number of hydrogen-bond donors (Lipinski definition) is 0. The fourth-order valence-electron chi connectivity index (χ4n) is 0.984. The normalized spacial score (nSPS) is 10.5. The molecule has 0 aliphatic carbocycles. The third kappa shape index (κ3) is 2.54. The van der Waals surface area contributed by atoms with Crippen molar-refractivity contribution in [3.05, 3.63) is 21.0 Å². The Labute approximate surface area is 103 Å². The van der Waals surface area contributed by atoms with Crippen LogP contribution >= 0.6 is 34.2 Å². The zero-order valence-electron chi connectivity index (χ0n) is 7.43. The van der Waals surface area contributed by atoms with Gasteiger partial charge in [-0.2, -0.15) is 0 Å². The highest BCUT2D eigenvalue weighted by atomic mass is 127. The average Bonchev–Trinajstić information content (AvgIpc) is 2.16. The maximum atomic E-state index is 12.5. The van der Waals surface area contributed by atoms with Gasteiger partial charge in [0, 0.05) is 6.20 Å². The van der Waals surface area contributed by atoms with Crippen molar-refractivity contribution in [1.29, 1.82) is 0 Å². The maximum Gasteiger partial charge on any atom is 0.272 e. The predicted octanol–water partition coefficient (Wildman–Crippen LogP) is 3.01. The van der Waals surface area contributed by atoms with Crippen molar-refractivity contribution in [2.45, 2.75) is 6.43 Å². The molecule has 0 aliphatic rings. The largest absolute Gasteiger partial charge is 0.495 e. The smallest absolute Gasteiger partial charge is 0.272 e. The van der Waals surface area contributed by atoms with Gasteiger partial charge in [0.25, 0.3) is 11.7 Å². The molecule has 0 fully saturated rings. The molecule has 0 bridgehead atoms. The molecule has 0 spiro atoms. The number of nitrogens with zero attached hydrogens (tertiary/aromatic N) is 1. The van der Waals surface area contributed by atoms with Gasteiger partial charge in [-0.3, -0.25) is 4.79 Å². The Bertz CT molecular complexity index is 400. The summed E-state index contributed by atoms with van der Waals surface area (Å²) in [5.74, 6) is -0.0652. The standard InChI is InChI=1S/C8H5ClF2INO2/c1-15-6-3(8(10)11)2-13-5(4(6)12)7(9)14/h2,8H,1H3. The molecule has 0 aliphatic heterocycles. The van der Waals surface area contributed by atoms with Gasteiger partial charge in [0.1, 0.15) is 11.4 Å². The highest BCUT2D eigenvalue weighted by Crippen LogP contribution is 2.34. The molecule has 1 heterocycles. The molecule has 0 saturated carbocycles. The molecule has 0 radical (unpaired) electrons. The van der Waals surface area contributed by atoms with Crippen LogP contribution in [0.1, 0.15) is 22.5 Å². The van der Waals surface area contributed by atoms with Crippen molar-refractivity contribution in [2.24, 2.45) is 0 Å². The topological polar surface area (TPSA) is 39.2 Å². The number of halogens is 4. The number of methoxy groups -OCH3 is 1. The van der Waals surface area contributed by atoms with E-state index in [4.69, 9.17) is 16.3 Å². The first-order valence-corrected chi connectivity index (χ1v) is 5.15. The van der Waals surface area contributed by atoms with E-state index >= 15 is 0 Å². The quantitative estimate of drug-likeness (QED) is 0.623. The number of carbonyl (C=O) groups is 1. The lowest BCUT2D eigenvalue weighted by Crippen LogP contribution is -2.04. The second kappa shape index (κ2) is 5.02. The molecular weight excluding hydrogens is 342 g/mol. The Kier molecular flexibility index (Phi) is 4.21. The van der Waals surface area contributed by atoms with E-state index in [1.165, 1.54) is 7.11 Å². The summed E-state index contributed by atoms with van der Waals surface area (Å²) in [6.07, 6.45) is -1.82. The Morgan fingerprint density at radius 1 is 1.67 bits per heavy atom. The minimum Gasteiger partial charge on any atom is -0.495 e. The molecule has 3 nitrogen and oxygen atoms in total. The Morgan fingerprint density at radius 3 is 2.67 bits per heavy atom. The van der Waals surface area contributed by atoms with Crippen LogP contribution in [0.5, 0.6) is 5.75 Å². The molecule has 0 saturated heterocycles. The fourth-order valence-corrected chi connectivity index (χ4v) is 2.20. The maximum absolute atomic E-state index is 12.5. The summed E-state index contributed by atoms with van der Waals surface area (Å²) >= 11 is 6.91. The average molecular weight is 347 g/mol. The van der Waals surface area contributed by atoms with Gasteiger partial charge >= 0.3 is 0 Å². The summed E-state index contributed by atoms with van der Waals surface area (Å²) < 4.78 is 29.9. The molecule has 1 aromatic heterocycles. The van der Waals surface area contributed by atoms with Crippen LogP contribution in [-0.4, -0.2) is 17.3 Å². The highest BCUT2D eigenvalue weighted by molar-refractivity contribution is 14.1. The Balaban J connectivity index is 3.39. The van der Waals surface area contributed by atoms with E-state index in [0.29, 0.717) is 0 Å². The van der Waals surface area contributed by atoms with Gasteiger partial charge in [0.15, 0.2) is 0 Å². The minimum atomic E-state index is -2.71. The third-order valence-electron chi connectivity index (χ3n) is 1.63. The second-order valence-corrected chi connectivity index (χ2v) is 3.91. The van der Waals surface area contributed by atoms with Gasteiger partial charge in [-0.25, -0.2) is 13.8 Å². The molecule has 1 aromatic rings. The van der Waals surface area contributed by atoms with E-state index in [1.54, 1.807) is 22.6 Å². The molecular formula is C8H5ClF2INO2. The zero-order chi connectivity index (χ0) is 11.6. The number of carbonyl (C=O) groups excluding carboxylic acids is 1.